The van der Waals surface area contributed by atoms with Crippen molar-refractivity contribution >= 4 is 52.5 Å². The monoisotopic (exact) mass is 531 g/mol. The molecule has 1 aliphatic carbocycles. The molecule has 1 saturated heterocycles. The summed E-state index contributed by atoms with van der Waals surface area (Å²) in [6.45, 7) is -0.198. The van der Waals surface area contributed by atoms with E-state index in [0.29, 0.717) is 9.90 Å². The van der Waals surface area contributed by atoms with Crippen molar-refractivity contribution in [3.8, 4) is 0 Å². The summed E-state index contributed by atoms with van der Waals surface area (Å²) in [6, 6.07) is 5.22. The van der Waals surface area contributed by atoms with Crippen molar-refractivity contribution in [3.05, 3.63) is 74.7 Å². The topological polar surface area (TPSA) is 125 Å². The van der Waals surface area contributed by atoms with Gasteiger partial charge in [-0.1, -0.05) is 23.8 Å². The third kappa shape index (κ3) is 4.87. The highest BCUT2D eigenvalue weighted by atomic mass is 35.5. The Bertz CT molecular complexity index is 1330. The van der Waals surface area contributed by atoms with E-state index in [1.165, 1.54) is 46.6 Å². The minimum absolute atomic E-state index is 0.00219. The fraction of sp³-hybridized carbons (Fsp3) is 0.250. The van der Waals surface area contributed by atoms with Gasteiger partial charge in [0.05, 0.1) is 28.7 Å². The summed E-state index contributed by atoms with van der Waals surface area (Å²) in [5.41, 5.74) is -1.44. The van der Waals surface area contributed by atoms with Crippen LogP contribution in [0.4, 0.5) is 10.1 Å². The highest BCUT2D eigenvalue weighted by Gasteiger charge is 2.48. The van der Waals surface area contributed by atoms with Crippen molar-refractivity contribution < 1.29 is 33.4 Å². The zero-order chi connectivity index (χ0) is 25.9. The van der Waals surface area contributed by atoms with Gasteiger partial charge in [-0.2, -0.15) is 0 Å². The van der Waals surface area contributed by atoms with Crippen LogP contribution < -0.4 is 10.2 Å². The molecule has 1 aromatic carbocycles. The van der Waals surface area contributed by atoms with Gasteiger partial charge in [0.25, 0.3) is 11.8 Å². The van der Waals surface area contributed by atoms with Gasteiger partial charge in [-0.3, -0.25) is 9.59 Å². The number of ether oxygens (including phenoxy) is 1. The van der Waals surface area contributed by atoms with Crippen LogP contribution >= 0.6 is 22.9 Å². The van der Waals surface area contributed by atoms with Crippen molar-refractivity contribution in [1.82, 2.24) is 5.32 Å². The summed E-state index contributed by atoms with van der Waals surface area (Å²) in [7, 11) is 0. The molecule has 2 unspecified atom stereocenters. The number of carbonyl (C=O) groups excluding carboxylic acids is 3. The Hall–Kier alpha value is -3.63. The van der Waals surface area contributed by atoms with Crippen LogP contribution in [0.2, 0.25) is 4.34 Å². The number of hydrogen-bond donors (Lipinski definition) is 2. The lowest BCUT2D eigenvalue weighted by atomic mass is 9.71. The van der Waals surface area contributed by atoms with E-state index in [1.54, 1.807) is 17.5 Å². The number of aliphatic imine (C=N–C) groups is 1. The fourth-order valence-corrected chi connectivity index (χ4v) is 5.25. The molecule has 1 aliphatic heterocycles. The summed E-state index contributed by atoms with van der Waals surface area (Å²) in [5.74, 6) is -4.11. The maximum Gasteiger partial charge on any atom is 0.334 e. The number of halogens is 2. The van der Waals surface area contributed by atoms with Crippen LogP contribution in [-0.2, 0) is 19.1 Å². The average molecular weight is 532 g/mol. The molecular weight excluding hydrogens is 513 g/mol. The average Bonchev–Trinajstić information content (AvgIpc) is 3.29. The minimum atomic E-state index is -1.70. The molecule has 2 aromatic rings. The van der Waals surface area contributed by atoms with Gasteiger partial charge >= 0.3 is 5.97 Å². The molecule has 0 saturated carbocycles. The van der Waals surface area contributed by atoms with Gasteiger partial charge in [0.15, 0.2) is 0 Å². The van der Waals surface area contributed by atoms with Gasteiger partial charge in [0.1, 0.15) is 18.0 Å². The second kappa shape index (κ2) is 10.5. The number of rotatable bonds is 7. The summed E-state index contributed by atoms with van der Waals surface area (Å²) in [6.07, 6.45) is 5.90. The zero-order valence-electron chi connectivity index (χ0n) is 18.6. The first-order valence-electron chi connectivity index (χ1n) is 10.7. The number of carbonyl (C=O) groups is 3. The van der Waals surface area contributed by atoms with Crippen molar-refractivity contribution in [3.63, 3.8) is 0 Å². The maximum absolute atomic E-state index is 15.0. The van der Waals surface area contributed by atoms with Gasteiger partial charge in [-0.05, 0) is 41.3 Å². The SMILES string of the molecule is O=C=NCC1(NC(=O)c2ccc(N3CCOCC3=O)c(F)c2)C(C(=O)O)=CC=CC1c1csc(Cl)c1. The van der Waals surface area contributed by atoms with Crippen LogP contribution in [0, 0.1) is 5.82 Å². The van der Waals surface area contributed by atoms with Crippen molar-refractivity contribution in [1.29, 1.82) is 0 Å². The maximum atomic E-state index is 15.0. The lowest BCUT2D eigenvalue weighted by Gasteiger charge is -2.41. The highest BCUT2D eigenvalue weighted by Crippen LogP contribution is 2.41. The summed E-state index contributed by atoms with van der Waals surface area (Å²) >= 11 is 7.32. The number of amides is 2. The van der Waals surface area contributed by atoms with E-state index in [0.717, 1.165) is 6.07 Å². The number of carboxylic acid groups (broad SMARTS) is 1. The molecule has 1 fully saturated rings. The summed E-state index contributed by atoms with van der Waals surface area (Å²) < 4.78 is 20.5. The summed E-state index contributed by atoms with van der Waals surface area (Å²) in [5, 5.41) is 14.4. The first kappa shape index (κ1) is 25.5. The van der Waals surface area contributed by atoms with Crippen LogP contribution in [-0.4, -0.2) is 60.8 Å². The van der Waals surface area contributed by atoms with Gasteiger partial charge in [-0.25, -0.2) is 19.0 Å². The van der Waals surface area contributed by atoms with Crippen molar-refractivity contribution in [2.75, 3.05) is 31.2 Å². The Labute approximate surface area is 213 Å². The van der Waals surface area contributed by atoms with Crippen LogP contribution in [0.1, 0.15) is 21.8 Å². The molecular formula is C24H19ClFN3O6S. The molecule has 0 spiro atoms. The van der Waals surface area contributed by atoms with E-state index in [2.05, 4.69) is 10.3 Å². The van der Waals surface area contributed by atoms with E-state index in [1.807, 2.05) is 0 Å². The minimum Gasteiger partial charge on any atom is -0.478 e. The van der Waals surface area contributed by atoms with E-state index in [4.69, 9.17) is 16.3 Å². The lowest BCUT2D eigenvalue weighted by molar-refractivity contribution is -0.133. The zero-order valence-corrected chi connectivity index (χ0v) is 20.1. The number of thiophene rings is 1. The normalized spacial score (nSPS) is 21.5. The third-order valence-corrected chi connectivity index (χ3v) is 7.08. The molecule has 2 N–H and O–H groups in total. The number of morpholine rings is 1. The molecule has 0 bridgehead atoms. The molecule has 2 heterocycles. The highest BCUT2D eigenvalue weighted by molar-refractivity contribution is 7.14. The standard InChI is InChI=1S/C24H19ClFN3O6S/c25-20-9-15(11-36-20)16-2-1-3-17(23(33)34)24(16,12-27-13-30)28-22(32)14-4-5-19(18(26)8-14)29-6-7-35-10-21(29)31/h1-5,8-9,11,16H,6-7,10,12H2,(H,28,32)(H,33,34). The van der Waals surface area contributed by atoms with E-state index < -0.39 is 41.6 Å². The number of nitrogens with zero attached hydrogens (tertiary/aromatic N) is 2. The van der Waals surface area contributed by atoms with Crippen LogP contribution in [0.3, 0.4) is 0 Å². The Morgan fingerprint density at radius 3 is 2.83 bits per heavy atom. The van der Waals surface area contributed by atoms with E-state index >= 15 is 0 Å². The molecule has 2 amide bonds. The number of hydrogen-bond acceptors (Lipinski definition) is 7. The predicted octanol–water partition coefficient (Wildman–Crippen LogP) is 3.07. The van der Waals surface area contributed by atoms with Gasteiger partial charge in [0.2, 0.25) is 6.08 Å². The van der Waals surface area contributed by atoms with Gasteiger partial charge in [0, 0.05) is 18.0 Å². The smallest absolute Gasteiger partial charge is 0.334 e. The first-order chi connectivity index (χ1) is 17.3. The third-order valence-electron chi connectivity index (χ3n) is 5.97. The molecule has 0 radical (unpaired) electrons. The summed E-state index contributed by atoms with van der Waals surface area (Å²) in [4.78, 5) is 53.5. The van der Waals surface area contributed by atoms with E-state index in [-0.39, 0.29) is 36.6 Å². The Morgan fingerprint density at radius 1 is 1.39 bits per heavy atom. The van der Waals surface area contributed by atoms with Crippen molar-refractivity contribution in [2.45, 2.75) is 11.5 Å². The van der Waals surface area contributed by atoms with Crippen LogP contribution in [0.15, 0.2) is 58.4 Å². The van der Waals surface area contributed by atoms with Crippen LogP contribution in [0.25, 0.3) is 0 Å². The predicted molar refractivity (Wildman–Crippen MR) is 130 cm³/mol. The molecule has 2 atom stereocenters. The van der Waals surface area contributed by atoms with Gasteiger partial charge < -0.3 is 20.1 Å². The number of anilines is 1. The molecule has 4 rings (SSSR count). The number of carboxylic acids is 1. The van der Waals surface area contributed by atoms with Gasteiger partial charge in [-0.15, -0.1) is 11.3 Å². The molecule has 2 aliphatic rings. The molecule has 12 heteroatoms. The van der Waals surface area contributed by atoms with Crippen molar-refractivity contribution in [2.24, 2.45) is 4.99 Å². The number of allylic oxidation sites excluding steroid dienone is 2. The first-order valence-corrected chi connectivity index (χ1v) is 11.9. The lowest BCUT2D eigenvalue weighted by Crippen LogP contribution is -2.58. The Balaban J connectivity index is 1.73. The molecule has 1 aromatic heterocycles. The number of aliphatic carboxylic acids is 1. The van der Waals surface area contributed by atoms with E-state index in [9.17, 15) is 28.7 Å². The molecule has 9 nitrogen and oxygen atoms in total. The second-order valence-electron chi connectivity index (χ2n) is 8.03. The molecule has 36 heavy (non-hydrogen) atoms. The fourth-order valence-electron chi connectivity index (χ4n) is 4.33. The number of nitrogens with one attached hydrogen (secondary N) is 1. The Kier molecular flexibility index (Phi) is 7.46. The second-order valence-corrected chi connectivity index (χ2v) is 9.57. The van der Waals surface area contributed by atoms with Crippen LogP contribution in [0.5, 0.6) is 0 Å². The Morgan fingerprint density at radius 2 is 2.19 bits per heavy atom. The number of benzene rings is 1. The molecule has 186 valence electrons. The number of isocyanates is 1. The largest absolute Gasteiger partial charge is 0.478 e. The quantitative estimate of drug-likeness (QED) is 0.418.